The van der Waals surface area contributed by atoms with Crippen LogP contribution in [0.2, 0.25) is 0 Å². The van der Waals surface area contributed by atoms with Gasteiger partial charge >= 0.3 is 0 Å². The smallest absolute Gasteiger partial charge is 0.0711 e. The molecule has 0 atom stereocenters. The molecule has 0 radical (unpaired) electrons. The number of rotatable bonds is 1. The number of aliphatic imine (C=N–C) groups is 1. The molecule has 1 heterocycles. The van der Waals surface area contributed by atoms with Gasteiger partial charge in [-0.25, -0.2) is 0 Å². The number of hydrogen-bond acceptors (Lipinski definition) is 2. The second kappa shape index (κ2) is 3.62. The molecule has 66 valence electrons. The molecule has 0 saturated heterocycles. The van der Waals surface area contributed by atoms with Crippen molar-refractivity contribution in [2.45, 2.75) is 0 Å². The standard InChI is InChI=1S/C10H9ClN2/c11-5-9-7-13-10-4-2-1-3-8(10)6-12-9/h1-4,6-7,13H,5H2. The normalized spacial score (nSPS) is 14.1. The summed E-state index contributed by atoms with van der Waals surface area (Å²) in [6.45, 7) is 0. The van der Waals surface area contributed by atoms with Crippen molar-refractivity contribution in [1.82, 2.24) is 0 Å². The van der Waals surface area contributed by atoms with Crippen LogP contribution < -0.4 is 5.32 Å². The van der Waals surface area contributed by atoms with Crippen LogP contribution in [0, 0.1) is 0 Å². The van der Waals surface area contributed by atoms with Crippen molar-refractivity contribution in [2.75, 3.05) is 11.2 Å². The monoisotopic (exact) mass is 192 g/mol. The Hall–Kier alpha value is -1.28. The van der Waals surface area contributed by atoms with Crippen molar-refractivity contribution in [2.24, 2.45) is 4.99 Å². The molecule has 1 aromatic rings. The van der Waals surface area contributed by atoms with Gasteiger partial charge in [-0.1, -0.05) is 18.2 Å². The maximum absolute atomic E-state index is 5.67. The molecule has 2 rings (SSSR count). The lowest BCUT2D eigenvalue weighted by Gasteiger charge is -2.01. The molecule has 1 aromatic carbocycles. The molecule has 1 N–H and O–H groups in total. The topological polar surface area (TPSA) is 24.4 Å². The first-order valence-corrected chi connectivity index (χ1v) is 4.58. The SMILES string of the molecule is ClCC1=CNc2ccccc2C=N1. The zero-order valence-electron chi connectivity index (χ0n) is 7.00. The number of nitrogens with zero attached hydrogens (tertiary/aromatic N) is 1. The van der Waals surface area contributed by atoms with Gasteiger partial charge in [-0.15, -0.1) is 11.6 Å². The largest absolute Gasteiger partial charge is 0.359 e. The van der Waals surface area contributed by atoms with Crippen molar-refractivity contribution < 1.29 is 0 Å². The minimum Gasteiger partial charge on any atom is -0.359 e. The highest BCUT2D eigenvalue weighted by molar-refractivity contribution is 6.19. The van der Waals surface area contributed by atoms with Crippen LogP contribution in [0.25, 0.3) is 0 Å². The molecule has 0 aromatic heterocycles. The van der Waals surface area contributed by atoms with E-state index in [1.54, 1.807) is 0 Å². The average Bonchev–Trinajstić information content (AvgIpc) is 2.39. The van der Waals surface area contributed by atoms with Gasteiger partial charge in [0, 0.05) is 23.7 Å². The lowest BCUT2D eigenvalue weighted by molar-refractivity contribution is 1.31. The highest BCUT2D eigenvalue weighted by Crippen LogP contribution is 2.16. The lowest BCUT2D eigenvalue weighted by atomic mass is 10.2. The molecule has 0 saturated carbocycles. The quantitative estimate of drug-likeness (QED) is 0.680. The third kappa shape index (κ3) is 1.73. The number of para-hydroxylation sites is 1. The van der Waals surface area contributed by atoms with Gasteiger partial charge in [0.2, 0.25) is 0 Å². The van der Waals surface area contributed by atoms with Gasteiger partial charge < -0.3 is 5.32 Å². The first kappa shape index (κ1) is 8.32. The number of allylic oxidation sites excluding steroid dienone is 1. The zero-order valence-corrected chi connectivity index (χ0v) is 7.75. The van der Waals surface area contributed by atoms with E-state index >= 15 is 0 Å². The summed E-state index contributed by atoms with van der Waals surface area (Å²) in [5.41, 5.74) is 2.99. The number of alkyl halides is 1. The molecule has 3 heteroatoms. The first-order chi connectivity index (χ1) is 6.40. The van der Waals surface area contributed by atoms with Gasteiger partial charge in [0.1, 0.15) is 0 Å². The van der Waals surface area contributed by atoms with Crippen LogP contribution in [0.4, 0.5) is 5.69 Å². The Bertz CT molecular complexity index is 369. The van der Waals surface area contributed by atoms with Gasteiger partial charge in [-0.2, -0.15) is 0 Å². The minimum atomic E-state index is 0.428. The highest BCUT2D eigenvalue weighted by atomic mass is 35.5. The summed E-state index contributed by atoms with van der Waals surface area (Å²) in [7, 11) is 0. The first-order valence-electron chi connectivity index (χ1n) is 4.05. The Balaban J connectivity index is 2.39. The number of benzene rings is 1. The Labute approximate surface area is 81.9 Å². The van der Waals surface area contributed by atoms with E-state index in [9.17, 15) is 0 Å². The fourth-order valence-corrected chi connectivity index (χ4v) is 1.31. The van der Waals surface area contributed by atoms with Crippen LogP contribution in [-0.4, -0.2) is 12.1 Å². The molecule has 1 aliphatic heterocycles. The van der Waals surface area contributed by atoms with Crippen LogP contribution in [0.3, 0.4) is 0 Å². The minimum absolute atomic E-state index is 0.428. The molecule has 0 fully saturated rings. The third-order valence-corrected chi connectivity index (χ3v) is 2.14. The van der Waals surface area contributed by atoms with Crippen molar-refractivity contribution in [3.63, 3.8) is 0 Å². The Morgan fingerprint density at radius 3 is 3.00 bits per heavy atom. The van der Waals surface area contributed by atoms with E-state index in [0.717, 1.165) is 16.9 Å². The molecule has 1 aliphatic rings. The molecule has 0 spiro atoms. The number of hydrogen-bond donors (Lipinski definition) is 1. The molecule has 2 nitrogen and oxygen atoms in total. The molecule has 0 aliphatic carbocycles. The number of nitrogens with one attached hydrogen (secondary N) is 1. The highest BCUT2D eigenvalue weighted by Gasteiger charge is 2.01. The summed E-state index contributed by atoms with van der Waals surface area (Å²) in [4.78, 5) is 4.22. The van der Waals surface area contributed by atoms with Gasteiger partial charge in [-0.05, 0) is 6.07 Å². The molecular weight excluding hydrogens is 184 g/mol. The van der Waals surface area contributed by atoms with Crippen molar-refractivity contribution in [1.29, 1.82) is 0 Å². The number of halogens is 1. The Kier molecular flexibility index (Phi) is 2.32. The number of fused-ring (bicyclic) bond motifs is 1. The Morgan fingerprint density at radius 2 is 2.15 bits per heavy atom. The van der Waals surface area contributed by atoms with Crippen LogP contribution >= 0.6 is 11.6 Å². The van der Waals surface area contributed by atoms with E-state index in [-0.39, 0.29) is 0 Å². The molecule has 13 heavy (non-hydrogen) atoms. The fraction of sp³-hybridized carbons (Fsp3) is 0.100. The maximum atomic E-state index is 5.67. The molecule has 0 unspecified atom stereocenters. The van der Waals surface area contributed by atoms with Crippen molar-refractivity contribution in [3.8, 4) is 0 Å². The predicted octanol–water partition coefficient (Wildman–Crippen LogP) is 2.61. The second-order valence-electron chi connectivity index (χ2n) is 2.76. The van der Waals surface area contributed by atoms with E-state index in [1.165, 1.54) is 0 Å². The van der Waals surface area contributed by atoms with Crippen LogP contribution in [-0.2, 0) is 0 Å². The molecular formula is C10H9ClN2. The average molecular weight is 193 g/mol. The van der Waals surface area contributed by atoms with Crippen molar-refractivity contribution >= 4 is 23.5 Å². The van der Waals surface area contributed by atoms with E-state index in [4.69, 9.17) is 11.6 Å². The summed E-state index contributed by atoms with van der Waals surface area (Å²) in [6.07, 6.45) is 3.65. The summed E-state index contributed by atoms with van der Waals surface area (Å²) < 4.78 is 0. The molecule has 0 amide bonds. The summed E-state index contributed by atoms with van der Waals surface area (Å²) >= 11 is 5.67. The zero-order chi connectivity index (χ0) is 9.10. The summed E-state index contributed by atoms with van der Waals surface area (Å²) in [6, 6.07) is 7.99. The number of anilines is 1. The van der Waals surface area contributed by atoms with Gasteiger partial charge in [0.05, 0.1) is 11.6 Å². The third-order valence-electron chi connectivity index (χ3n) is 1.86. The van der Waals surface area contributed by atoms with Gasteiger partial charge in [-0.3, -0.25) is 4.99 Å². The van der Waals surface area contributed by atoms with E-state index in [2.05, 4.69) is 10.3 Å². The van der Waals surface area contributed by atoms with E-state index in [1.807, 2.05) is 36.7 Å². The van der Waals surface area contributed by atoms with Gasteiger partial charge in [0.15, 0.2) is 0 Å². The van der Waals surface area contributed by atoms with Gasteiger partial charge in [0.25, 0.3) is 0 Å². The maximum Gasteiger partial charge on any atom is 0.0711 e. The van der Waals surface area contributed by atoms with Crippen LogP contribution in [0.15, 0.2) is 41.2 Å². The summed E-state index contributed by atoms with van der Waals surface area (Å²) in [5, 5.41) is 3.15. The van der Waals surface area contributed by atoms with Crippen LogP contribution in [0.5, 0.6) is 0 Å². The lowest BCUT2D eigenvalue weighted by Crippen LogP contribution is -1.91. The second-order valence-corrected chi connectivity index (χ2v) is 3.03. The summed E-state index contributed by atoms with van der Waals surface area (Å²) in [5.74, 6) is 0.428. The van der Waals surface area contributed by atoms with Crippen LogP contribution in [0.1, 0.15) is 5.56 Å². The Morgan fingerprint density at radius 1 is 1.31 bits per heavy atom. The predicted molar refractivity (Wildman–Crippen MR) is 56.5 cm³/mol. The van der Waals surface area contributed by atoms with Crippen molar-refractivity contribution in [3.05, 3.63) is 41.7 Å². The molecule has 0 bridgehead atoms. The van der Waals surface area contributed by atoms with E-state index in [0.29, 0.717) is 5.88 Å². The van der Waals surface area contributed by atoms with E-state index < -0.39 is 0 Å². The fourth-order valence-electron chi connectivity index (χ4n) is 1.16.